The molecule has 1 N–H and O–H groups in total. The molecule has 2 aliphatic rings. The summed E-state index contributed by atoms with van der Waals surface area (Å²) in [6.45, 7) is 6.09. The van der Waals surface area contributed by atoms with Crippen LogP contribution in [0.1, 0.15) is 55.0 Å². The third-order valence-electron chi connectivity index (χ3n) is 7.18. The molecule has 5 rings (SSSR count). The largest absolute Gasteiger partial charge is 0.365 e. The lowest BCUT2D eigenvalue weighted by molar-refractivity contribution is -0.144. The van der Waals surface area contributed by atoms with Crippen LogP contribution in [-0.2, 0) is 21.7 Å². The maximum Gasteiger partial charge on any atom is 0.242 e. The van der Waals surface area contributed by atoms with E-state index < -0.39 is 5.54 Å². The highest BCUT2D eigenvalue weighted by atomic mass is 16.5. The van der Waals surface area contributed by atoms with Crippen LogP contribution in [0.4, 0.5) is 0 Å². The van der Waals surface area contributed by atoms with Crippen LogP contribution in [0.5, 0.6) is 0 Å². The van der Waals surface area contributed by atoms with Crippen molar-refractivity contribution in [2.45, 2.75) is 50.5 Å². The van der Waals surface area contributed by atoms with E-state index in [1.807, 2.05) is 55.1 Å². The number of fused-ring (bicyclic) bond motifs is 2. The van der Waals surface area contributed by atoms with Crippen molar-refractivity contribution in [1.29, 1.82) is 0 Å². The molecule has 3 aromatic rings. The first-order valence-corrected chi connectivity index (χ1v) is 11.9. The minimum atomic E-state index is -0.713. The average molecular weight is 441 g/mol. The minimum Gasteiger partial charge on any atom is -0.365 e. The van der Waals surface area contributed by atoms with Crippen LogP contribution >= 0.6 is 0 Å². The first-order chi connectivity index (χ1) is 16.0. The maximum absolute atomic E-state index is 13.7. The molecule has 1 spiro atoms. The number of amides is 1. The number of nitrogens with zero attached hydrogens (tertiary/aromatic N) is 1. The van der Waals surface area contributed by atoms with E-state index in [1.165, 1.54) is 11.1 Å². The summed E-state index contributed by atoms with van der Waals surface area (Å²) >= 11 is 0. The molecule has 2 aliphatic heterocycles. The van der Waals surface area contributed by atoms with Crippen LogP contribution < -0.4 is 5.32 Å². The topological polar surface area (TPSA) is 41.6 Å². The van der Waals surface area contributed by atoms with Crippen molar-refractivity contribution in [1.82, 2.24) is 10.2 Å². The molecule has 1 fully saturated rings. The van der Waals surface area contributed by atoms with Crippen molar-refractivity contribution in [3.8, 4) is 0 Å². The lowest BCUT2D eigenvalue weighted by Gasteiger charge is -2.42. The number of hydrogen-bond donors (Lipinski definition) is 1. The number of carbonyl (C=O) groups excluding carboxylic acids is 1. The predicted molar refractivity (Wildman–Crippen MR) is 131 cm³/mol. The summed E-state index contributed by atoms with van der Waals surface area (Å²) in [5.41, 5.74) is 3.95. The molecule has 1 amide bonds. The molecule has 0 aromatic heterocycles. The van der Waals surface area contributed by atoms with E-state index in [2.05, 4.69) is 53.8 Å². The van der Waals surface area contributed by atoms with Crippen molar-refractivity contribution in [3.63, 3.8) is 0 Å². The van der Waals surface area contributed by atoms with E-state index in [0.29, 0.717) is 19.7 Å². The van der Waals surface area contributed by atoms with Gasteiger partial charge >= 0.3 is 0 Å². The molecule has 2 heterocycles. The molecular weight excluding hydrogens is 408 g/mol. The highest BCUT2D eigenvalue weighted by molar-refractivity contribution is 5.85. The van der Waals surface area contributed by atoms with Gasteiger partial charge in [-0.1, -0.05) is 84.9 Å². The number of carbonyl (C=O) groups is 1. The van der Waals surface area contributed by atoms with E-state index in [4.69, 9.17) is 4.74 Å². The Labute approximate surface area is 196 Å². The number of rotatable bonds is 5. The second kappa shape index (κ2) is 8.77. The molecule has 0 saturated carbocycles. The van der Waals surface area contributed by atoms with Crippen LogP contribution in [0.3, 0.4) is 0 Å². The second-order valence-electron chi connectivity index (χ2n) is 9.76. The van der Waals surface area contributed by atoms with Crippen LogP contribution in [0.15, 0.2) is 84.9 Å². The standard InChI is InChI=1S/C29H32N2O2/c1-28(2,30-26(22-11-5-3-6-12-22)23-13-7-4-8-14-23)27(32)31-19-17-29(18-20-31)25-16-10-9-15-24(25)21-33-29/h3-16,26,30H,17-21H2,1-2H3. The molecule has 1 saturated heterocycles. The highest BCUT2D eigenvalue weighted by Gasteiger charge is 2.45. The van der Waals surface area contributed by atoms with Gasteiger partial charge < -0.3 is 9.64 Å². The molecule has 0 atom stereocenters. The summed E-state index contributed by atoms with van der Waals surface area (Å²) in [5.74, 6) is 0.139. The van der Waals surface area contributed by atoms with Gasteiger partial charge in [-0.3, -0.25) is 10.1 Å². The maximum atomic E-state index is 13.7. The Kier molecular flexibility index (Phi) is 5.81. The Morgan fingerprint density at radius 1 is 0.879 bits per heavy atom. The van der Waals surface area contributed by atoms with Gasteiger partial charge in [0.15, 0.2) is 0 Å². The van der Waals surface area contributed by atoms with E-state index in [9.17, 15) is 4.79 Å². The van der Waals surface area contributed by atoms with Gasteiger partial charge in [-0.15, -0.1) is 0 Å². The summed E-state index contributed by atoms with van der Waals surface area (Å²) in [5, 5.41) is 3.68. The van der Waals surface area contributed by atoms with Gasteiger partial charge in [-0.25, -0.2) is 0 Å². The van der Waals surface area contributed by atoms with Crippen molar-refractivity contribution < 1.29 is 9.53 Å². The van der Waals surface area contributed by atoms with Gasteiger partial charge in [-0.2, -0.15) is 0 Å². The molecule has 3 aromatic carbocycles. The Morgan fingerprint density at radius 3 is 2.03 bits per heavy atom. The monoisotopic (exact) mass is 440 g/mol. The van der Waals surface area contributed by atoms with E-state index in [-0.39, 0.29) is 17.6 Å². The average Bonchev–Trinajstić information content (AvgIpc) is 3.22. The number of hydrogen-bond acceptors (Lipinski definition) is 3. The van der Waals surface area contributed by atoms with Crippen LogP contribution in [0.2, 0.25) is 0 Å². The smallest absolute Gasteiger partial charge is 0.242 e. The van der Waals surface area contributed by atoms with Crippen molar-refractivity contribution in [3.05, 3.63) is 107 Å². The molecule has 33 heavy (non-hydrogen) atoms. The SMILES string of the molecule is CC(C)(NC(c1ccccc1)c1ccccc1)C(=O)N1CCC2(CC1)OCc1ccccc12. The summed E-state index contributed by atoms with van der Waals surface area (Å²) in [4.78, 5) is 15.7. The lowest BCUT2D eigenvalue weighted by Crippen LogP contribution is -2.57. The van der Waals surface area contributed by atoms with Gasteiger partial charge in [0.05, 0.1) is 23.8 Å². The Bertz CT molecular complexity index is 1060. The summed E-state index contributed by atoms with van der Waals surface area (Å²) in [6, 6.07) is 29.1. The number of piperidine rings is 1. The Morgan fingerprint density at radius 2 is 1.42 bits per heavy atom. The molecule has 170 valence electrons. The number of likely N-dealkylation sites (tertiary alicyclic amines) is 1. The van der Waals surface area contributed by atoms with Crippen molar-refractivity contribution >= 4 is 5.91 Å². The fraction of sp³-hybridized carbons (Fsp3) is 0.345. The summed E-state index contributed by atoms with van der Waals surface area (Å²) < 4.78 is 6.29. The summed E-state index contributed by atoms with van der Waals surface area (Å²) in [6.07, 6.45) is 1.68. The zero-order chi connectivity index (χ0) is 22.9. The minimum absolute atomic E-state index is 0.0625. The lowest BCUT2D eigenvalue weighted by atomic mass is 9.83. The number of ether oxygens (including phenoxy) is 1. The zero-order valence-electron chi connectivity index (χ0n) is 19.5. The second-order valence-corrected chi connectivity index (χ2v) is 9.76. The third kappa shape index (κ3) is 4.21. The Balaban J connectivity index is 1.32. The van der Waals surface area contributed by atoms with Gasteiger partial charge in [0.25, 0.3) is 0 Å². The third-order valence-corrected chi connectivity index (χ3v) is 7.18. The Hall–Kier alpha value is -2.95. The number of benzene rings is 3. The molecule has 0 aliphatic carbocycles. The normalized spacial score (nSPS) is 17.4. The number of nitrogens with one attached hydrogen (secondary N) is 1. The molecule has 0 bridgehead atoms. The fourth-order valence-corrected chi connectivity index (χ4v) is 5.34. The van der Waals surface area contributed by atoms with Crippen molar-refractivity contribution in [2.75, 3.05) is 13.1 Å². The fourth-order valence-electron chi connectivity index (χ4n) is 5.34. The quantitative estimate of drug-likeness (QED) is 0.593. The van der Waals surface area contributed by atoms with E-state index in [1.54, 1.807) is 0 Å². The van der Waals surface area contributed by atoms with Gasteiger partial charge in [0, 0.05) is 13.1 Å². The van der Waals surface area contributed by atoms with Gasteiger partial charge in [0.2, 0.25) is 5.91 Å². The molecule has 0 radical (unpaired) electrons. The van der Waals surface area contributed by atoms with Crippen molar-refractivity contribution in [2.24, 2.45) is 0 Å². The van der Waals surface area contributed by atoms with E-state index in [0.717, 1.165) is 24.0 Å². The molecular formula is C29H32N2O2. The van der Waals surface area contributed by atoms with Crippen LogP contribution in [0.25, 0.3) is 0 Å². The molecule has 0 unspecified atom stereocenters. The first-order valence-electron chi connectivity index (χ1n) is 11.9. The van der Waals surface area contributed by atoms with Crippen LogP contribution in [0, 0.1) is 0 Å². The summed E-state index contributed by atoms with van der Waals surface area (Å²) in [7, 11) is 0. The van der Waals surface area contributed by atoms with Crippen LogP contribution in [-0.4, -0.2) is 29.4 Å². The van der Waals surface area contributed by atoms with Gasteiger partial charge in [0.1, 0.15) is 0 Å². The predicted octanol–water partition coefficient (Wildman–Crippen LogP) is 5.19. The molecule has 4 nitrogen and oxygen atoms in total. The zero-order valence-corrected chi connectivity index (χ0v) is 19.5. The first kappa shape index (κ1) is 21.9. The van der Waals surface area contributed by atoms with Gasteiger partial charge in [-0.05, 0) is 48.9 Å². The van der Waals surface area contributed by atoms with E-state index >= 15 is 0 Å². The molecule has 4 heteroatoms. The highest BCUT2D eigenvalue weighted by Crippen LogP contribution is 2.44.